The molecule has 0 bridgehead atoms. The molecule has 0 saturated carbocycles. The first-order valence-corrected chi connectivity index (χ1v) is 8.51. The number of hydrogen-bond acceptors (Lipinski definition) is 4. The predicted molar refractivity (Wildman–Crippen MR) is 93.1 cm³/mol. The van der Waals surface area contributed by atoms with Gasteiger partial charge in [0.1, 0.15) is 5.75 Å². The van der Waals surface area contributed by atoms with Crippen molar-refractivity contribution >= 4 is 35.0 Å². The number of fused-ring (bicyclic) bond motifs is 1. The van der Waals surface area contributed by atoms with Gasteiger partial charge in [-0.2, -0.15) is 0 Å². The Morgan fingerprint density at radius 1 is 1.24 bits per heavy atom. The van der Waals surface area contributed by atoms with Gasteiger partial charge in [0.05, 0.1) is 18.9 Å². The molecule has 1 aliphatic carbocycles. The number of allylic oxidation sites excluding steroid dienone is 2. The molecular formula is C18H19ClN2O4. The van der Waals surface area contributed by atoms with Crippen molar-refractivity contribution in [1.82, 2.24) is 4.90 Å². The van der Waals surface area contributed by atoms with Gasteiger partial charge in [-0.15, -0.1) is 0 Å². The topological polar surface area (TPSA) is 75.7 Å². The summed E-state index contributed by atoms with van der Waals surface area (Å²) in [6.45, 7) is 0.0876. The molecule has 2 aliphatic rings. The Hall–Kier alpha value is -2.34. The number of hydrogen-bond donors (Lipinski definition) is 1. The van der Waals surface area contributed by atoms with Crippen LogP contribution < -0.4 is 10.1 Å². The lowest BCUT2D eigenvalue weighted by Gasteiger charge is -2.17. The van der Waals surface area contributed by atoms with Crippen molar-refractivity contribution < 1.29 is 19.1 Å². The Morgan fingerprint density at radius 2 is 1.92 bits per heavy atom. The number of methoxy groups -OCH3 is 1. The van der Waals surface area contributed by atoms with E-state index >= 15 is 0 Å². The van der Waals surface area contributed by atoms with Crippen LogP contribution in [0.1, 0.15) is 19.3 Å². The zero-order valence-corrected chi connectivity index (χ0v) is 14.6. The van der Waals surface area contributed by atoms with E-state index in [-0.39, 0.29) is 42.5 Å². The minimum Gasteiger partial charge on any atom is -0.497 e. The fourth-order valence-electron chi connectivity index (χ4n) is 3.23. The number of carbonyl (C=O) groups is 3. The third-order valence-corrected chi connectivity index (χ3v) is 4.91. The molecule has 7 heteroatoms. The lowest BCUT2D eigenvalue weighted by molar-refractivity contribution is -0.140. The third kappa shape index (κ3) is 3.69. The van der Waals surface area contributed by atoms with Crippen molar-refractivity contribution in [2.75, 3.05) is 19.0 Å². The molecule has 25 heavy (non-hydrogen) atoms. The molecule has 0 aromatic heterocycles. The van der Waals surface area contributed by atoms with Crippen LogP contribution in [0.4, 0.5) is 5.69 Å². The summed E-state index contributed by atoms with van der Waals surface area (Å²) in [5, 5.41) is 3.37. The smallest absolute Gasteiger partial charge is 0.233 e. The molecular weight excluding hydrogens is 344 g/mol. The second kappa shape index (κ2) is 7.27. The number of benzene rings is 1. The molecule has 1 aromatic carbocycles. The van der Waals surface area contributed by atoms with Gasteiger partial charge in [0.2, 0.25) is 17.7 Å². The summed E-state index contributed by atoms with van der Waals surface area (Å²) in [5.74, 6) is -0.696. The van der Waals surface area contributed by atoms with E-state index in [1.165, 1.54) is 4.90 Å². The molecule has 3 rings (SSSR count). The second-order valence-electron chi connectivity index (χ2n) is 6.16. The van der Waals surface area contributed by atoms with Gasteiger partial charge in [-0.1, -0.05) is 17.7 Å². The van der Waals surface area contributed by atoms with E-state index in [2.05, 4.69) is 5.32 Å². The normalized spacial score (nSPS) is 22.5. The highest BCUT2D eigenvalue weighted by atomic mass is 35.5. The number of nitrogens with one attached hydrogen (secondary N) is 1. The first-order valence-electron chi connectivity index (χ1n) is 8.13. The summed E-state index contributed by atoms with van der Waals surface area (Å²) in [4.78, 5) is 38.1. The van der Waals surface area contributed by atoms with Crippen LogP contribution in [0.5, 0.6) is 5.75 Å². The van der Waals surface area contributed by atoms with Gasteiger partial charge in [0, 0.05) is 23.7 Å². The summed E-state index contributed by atoms with van der Waals surface area (Å²) in [5.41, 5.74) is 0.634. The van der Waals surface area contributed by atoms with Crippen LogP contribution in [-0.4, -0.2) is 36.3 Å². The molecule has 1 N–H and O–H groups in total. The second-order valence-corrected chi connectivity index (χ2v) is 6.64. The number of ether oxygens (including phenoxy) is 1. The lowest BCUT2D eigenvalue weighted by atomic mass is 9.85. The van der Waals surface area contributed by atoms with E-state index in [0.717, 1.165) is 0 Å². The number of anilines is 1. The van der Waals surface area contributed by atoms with Crippen molar-refractivity contribution in [3.8, 4) is 5.75 Å². The van der Waals surface area contributed by atoms with Crippen molar-refractivity contribution in [3.05, 3.63) is 35.4 Å². The number of halogens is 1. The lowest BCUT2D eigenvalue weighted by Crippen LogP contribution is -2.34. The van der Waals surface area contributed by atoms with Crippen LogP contribution in [0.25, 0.3) is 0 Å². The van der Waals surface area contributed by atoms with Gasteiger partial charge in [-0.3, -0.25) is 19.3 Å². The Balaban J connectivity index is 1.55. The number of rotatable bonds is 5. The van der Waals surface area contributed by atoms with Gasteiger partial charge in [-0.05, 0) is 37.1 Å². The molecule has 0 spiro atoms. The number of nitrogens with zero attached hydrogens (tertiary/aromatic N) is 1. The Kier molecular flexibility index (Phi) is 5.08. The number of carbonyl (C=O) groups excluding carboxylic acids is 3. The molecule has 1 fully saturated rings. The fraction of sp³-hybridized carbons (Fsp3) is 0.389. The number of amides is 3. The van der Waals surface area contributed by atoms with Gasteiger partial charge in [-0.25, -0.2) is 0 Å². The maximum atomic E-state index is 12.4. The molecule has 2 atom stereocenters. The quantitative estimate of drug-likeness (QED) is 0.817. The molecule has 0 unspecified atom stereocenters. The highest BCUT2D eigenvalue weighted by Crippen LogP contribution is 2.38. The summed E-state index contributed by atoms with van der Waals surface area (Å²) in [6.07, 6.45) is 2.76. The van der Waals surface area contributed by atoms with Gasteiger partial charge in [0.25, 0.3) is 0 Å². The predicted octanol–water partition coefficient (Wildman–Crippen LogP) is 2.54. The van der Waals surface area contributed by atoms with Crippen molar-refractivity contribution in [2.24, 2.45) is 11.8 Å². The zero-order valence-electron chi connectivity index (χ0n) is 13.8. The first kappa shape index (κ1) is 17.5. The van der Waals surface area contributed by atoms with Crippen LogP contribution in [0.2, 0.25) is 0 Å². The molecule has 0 radical (unpaired) electrons. The van der Waals surface area contributed by atoms with Crippen molar-refractivity contribution in [3.63, 3.8) is 0 Å². The maximum absolute atomic E-state index is 12.4. The average Bonchev–Trinajstić information content (AvgIpc) is 2.84. The molecule has 1 aliphatic heterocycles. The highest BCUT2D eigenvalue weighted by Gasteiger charge is 2.48. The molecule has 1 aromatic rings. The average molecular weight is 363 g/mol. The van der Waals surface area contributed by atoms with Crippen LogP contribution in [0.15, 0.2) is 35.4 Å². The minimum absolute atomic E-state index is 0.0596. The Labute approximate surface area is 150 Å². The molecule has 3 amide bonds. The minimum atomic E-state index is -0.380. The van der Waals surface area contributed by atoms with Crippen molar-refractivity contribution in [1.29, 1.82) is 0 Å². The Morgan fingerprint density at radius 3 is 2.60 bits per heavy atom. The van der Waals surface area contributed by atoms with E-state index in [1.807, 2.05) is 0 Å². The van der Waals surface area contributed by atoms with Gasteiger partial charge >= 0.3 is 0 Å². The van der Waals surface area contributed by atoms with E-state index in [4.69, 9.17) is 16.3 Å². The third-order valence-electron chi connectivity index (χ3n) is 4.60. The van der Waals surface area contributed by atoms with Crippen molar-refractivity contribution in [2.45, 2.75) is 19.3 Å². The van der Waals surface area contributed by atoms with Gasteiger partial charge in [0.15, 0.2) is 0 Å². The van der Waals surface area contributed by atoms with E-state index < -0.39 is 0 Å². The molecule has 132 valence electrons. The van der Waals surface area contributed by atoms with Crippen LogP contribution in [-0.2, 0) is 14.4 Å². The fourth-order valence-corrected chi connectivity index (χ4v) is 3.48. The summed E-state index contributed by atoms with van der Waals surface area (Å²) >= 11 is 5.99. The van der Waals surface area contributed by atoms with E-state index in [0.29, 0.717) is 29.3 Å². The van der Waals surface area contributed by atoms with Crippen LogP contribution >= 0.6 is 11.6 Å². The van der Waals surface area contributed by atoms with E-state index in [1.54, 1.807) is 37.5 Å². The molecule has 1 saturated heterocycles. The molecule has 1 heterocycles. The standard InChI is InChI=1S/C18H19ClN2O4/c1-25-13-5-3-12(4-6-13)20-16(22)8-9-21-17(23)14-7-2-11(19)10-15(14)18(21)24/h2-6,14-15H,7-10H2,1H3,(H,20,22)/t14-,15-/m0/s1. The van der Waals surface area contributed by atoms with Crippen LogP contribution in [0, 0.1) is 11.8 Å². The SMILES string of the molecule is COc1ccc(NC(=O)CCN2C(=O)[C@H]3CC=C(Cl)C[C@@H]3C2=O)cc1. The first-order chi connectivity index (χ1) is 12.0. The van der Waals surface area contributed by atoms with Crippen LogP contribution in [0.3, 0.4) is 0 Å². The largest absolute Gasteiger partial charge is 0.497 e. The zero-order chi connectivity index (χ0) is 18.0. The van der Waals surface area contributed by atoms with Gasteiger partial charge < -0.3 is 10.1 Å². The summed E-state index contributed by atoms with van der Waals surface area (Å²) < 4.78 is 5.06. The molecule has 6 nitrogen and oxygen atoms in total. The Bertz CT molecular complexity index is 729. The monoisotopic (exact) mass is 362 g/mol. The highest BCUT2D eigenvalue weighted by molar-refractivity contribution is 6.30. The number of likely N-dealkylation sites (tertiary alicyclic amines) is 1. The summed E-state index contributed by atoms with van der Waals surface area (Å²) in [7, 11) is 1.57. The number of imide groups is 1. The van der Waals surface area contributed by atoms with E-state index in [9.17, 15) is 14.4 Å². The maximum Gasteiger partial charge on any atom is 0.233 e. The summed E-state index contributed by atoms with van der Waals surface area (Å²) in [6, 6.07) is 6.94.